The van der Waals surface area contributed by atoms with Gasteiger partial charge in [0.05, 0.1) is 0 Å². The molecule has 1 aromatic rings. The van der Waals surface area contributed by atoms with Crippen molar-refractivity contribution in [2.45, 2.75) is 25.3 Å². The maximum absolute atomic E-state index is 2.62. The Labute approximate surface area is 85.7 Å². The molecule has 1 atom stereocenters. The smallest absolute Gasteiger partial charge is 0.0211 e. The van der Waals surface area contributed by atoms with Crippen LogP contribution in [0.2, 0.25) is 0 Å². The van der Waals surface area contributed by atoms with Gasteiger partial charge in [-0.3, -0.25) is 4.90 Å². The number of benzene rings is 1. The lowest BCUT2D eigenvalue weighted by molar-refractivity contribution is 0.279. The Bertz CT molecular complexity index is 301. The second-order valence-corrected chi connectivity index (χ2v) is 4.38. The van der Waals surface area contributed by atoms with Gasteiger partial charge in [0.25, 0.3) is 0 Å². The van der Waals surface area contributed by atoms with Crippen LogP contribution >= 0.6 is 0 Å². The fraction of sp³-hybridized carbons (Fsp3) is 0.462. The Kier molecular flexibility index (Phi) is 2.06. The number of hydrogen-bond donors (Lipinski definition) is 0. The molecule has 1 fully saturated rings. The molecular formula is C13H16N. The van der Waals surface area contributed by atoms with E-state index in [4.69, 9.17) is 0 Å². The third-order valence-electron chi connectivity index (χ3n) is 3.47. The van der Waals surface area contributed by atoms with Crippen molar-refractivity contribution in [3.8, 4) is 0 Å². The maximum Gasteiger partial charge on any atom is 0.0211 e. The zero-order chi connectivity index (χ0) is 9.38. The van der Waals surface area contributed by atoms with Crippen LogP contribution in [0.5, 0.6) is 0 Å². The average Bonchev–Trinajstić information content (AvgIpc) is 2.86. The monoisotopic (exact) mass is 186 g/mol. The molecule has 0 bridgehead atoms. The van der Waals surface area contributed by atoms with Gasteiger partial charge in [-0.05, 0) is 43.5 Å². The quantitative estimate of drug-likeness (QED) is 0.650. The van der Waals surface area contributed by atoms with E-state index in [-0.39, 0.29) is 0 Å². The standard InChI is InChI=1S/C13H16N/c1-2-6-12-10-13(9-11(12)5-1)14-7-3-4-8-14/h1-2,5-6,9,13H,3-4,7-8,10H2. The molecule has 1 heterocycles. The topological polar surface area (TPSA) is 3.24 Å². The minimum absolute atomic E-state index is 0.690. The van der Waals surface area contributed by atoms with Crippen molar-refractivity contribution in [1.82, 2.24) is 4.90 Å². The van der Waals surface area contributed by atoms with E-state index < -0.39 is 0 Å². The van der Waals surface area contributed by atoms with Crippen LogP contribution in [0.4, 0.5) is 0 Å². The molecule has 1 aliphatic heterocycles. The molecule has 2 aliphatic rings. The number of rotatable bonds is 1. The first-order valence-electron chi connectivity index (χ1n) is 5.60. The summed E-state index contributed by atoms with van der Waals surface area (Å²) >= 11 is 0. The van der Waals surface area contributed by atoms with Gasteiger partial charge in [-0.1, -0.05) is 24.3 Å². The fourth-order valence-electron chi connectivity index (χ4n) is 2.68. The summed E-state index contributed by atoms with van der Waals surface area (Å²) in [4.78, 5) is 2.62. The number of hydrogen-bond acceptors (Lipinski definition) is 1. The Morgan fingerprint density at radius 3 is 2.64 bits per heavy atom. The van der Waals surface area contributed by atoms with Crippen LogP contribution in [0.15, 0.2) is 24.3 Å². The van der Waals surface area contributed by atoms with Crippen LogP contribution in [-0.2, 0) is 6.42 Å². The van der Waals surface area contributed by atoms with E-state index in [9.17, 15) is 0 Å². The van der Waals surface area contributed by atoms with Gasteiger partial charge in [0, 0.05) is 12.5 Å². The van der Waals surface area contributed by atoms with Gasteiger partial charge in [0.1, 0.15) is 0 Å². The third-order valence-corrected chi connectivity index (χ3v) is 3.47. The zero-order valence-electron chi connectivity index (χ0n) is 8.45. The summed E-state index contributed by atoms with van der Waals surface area (Å²) in [6.07, 6.45) is 6.46. The Morgan fingerprint density at radius 1 is 1.07 bits per heavy atom. The minimum atomic E-state index is 0.690. The van der Waals surface area contributed by atoms with Crippen molar-refractivity contribution < 1.29 is 0 Å². The molecule has 1 heteroatoms. The molecular weight excluding hydrogens is 170 g/mol. The summed E-state index contributed by atoms with van der Waals surface area (Å²) in [7, 11) is 0. The van der Waals surface area contributed by atoms with Gasteiger partial charge < -0.3 is 0 Å². The third kappa shape index (κ3) is 1.36. The Morgan fingerprint density at radius 2 is 1.86 bits per heavy atom. The van der Waals surface area contributed by atoms with Gasteiger partial charge >= 0.3 is 0 Å². The zero-order valence-corrected chi connectivity index (χ0v) is 8.45. The molecule has 0 N–H and O–H groups in total. The molecule has 0 spiro atoms. The highest BCUT2D eigenvalue weighted by Gasteiger charge is 2.28. The molecule has 0 saturated carbocycles. The van der Waals surface area contributed by atoms with Crippen LogP contribution in [0.25, 0.3) is 0 Å². The summed E-state index contributed by atoms with van der Waals surface area (Å²) in [5.41, 5.74) is 2.99. The van der Waals surface area contributed by atoms with Crippen molar-refractivity contribution >= 4 is 0 Å². The lowest BCUT2D eigenvalue weighted by atomic mass is 10.1. The highest BCUT2D eigenvalue weighted by atomic mass is 15.2. The van der Waals surface area contributed by atoms with Crippen LogP contribution in [-0.4, -0.2) is 24.0 Å². The molecule has 1 radical (unpaired) electrons. The summed E-state index contributed by atoms with van der Waals surface area (Å²) in [5, 5.41) is 0. The molecule has 1 saturated heterocycles. The fourth-order valence-corrected chi connectivity index (χ4v) is 2.68. The second kappa shape index (κ2) is 3.39. The molecule has 73 valence electrons. The van der Waals surface area contributed by atoms with Gasteiger partial charge in [-0.15, -0.1) is 0 Å². The van der Waals surface area contributed by atoms with E-state index in [1.807, 2.05) is 0 Å². The summed E-state index contributed by atoms with van der Waals surface area (Å²) in [6, 6.07) is 9.49. The lowest BCUT2D eigenvalue weighted by Crippen LogP contribution is -2.32. The molecule has 0 aromatic heterocycles. The average molecular weight is 186 g/mol. The van der Waals surface area contributed by atoms with E-state index in [2.05, 4.69) is 35.6 Å². The minimum Gasteiger partial charge on any atom is -0.299 e. The summed E-state index contributed by atoms with van der Waals surface area (Å²) in [6.45, 7) is 2.60. The van der Waals surface area contributed by atoms with E-state index >= 15 is 0 Å². The van der Waals surface area contributed by atoms with E-state index in [0.717, 1.165) is 0 Å². The van der Waals surface area contributed by atoms with Crippen LogP contribution in [0.1, 0.15) is 24.0 Å². The predicted octanol–water partition coefficient (Wildman–Crippen LogP) is 2.26. The summed E-state index contributed by atoms with van der Waals surface area (Å²) in [5.74, 6) is 0. The first-order valence-corrected chi connectivity index (χ1v) is 5.60. The first kappa shape index (κ1) is 8.49. The predicted molar refractivity (Wildman–Crippen MR) is 58.1 cm³/mol. The van der Waals surface area contributed by atoms with Gasteiger partial charge in [-0.25, -0.2) is 0 Å². The molecule has 1 aromatic carbocycles. The molecule has 1 aliphatic carbocycles. The maximum atomic E-state index is 2.62. The van der Waals surface area contributed by atoms with E-state index in [1.54, 1.807) is 0 Å². The van der Waals surface area contributed by atoms with Crippen molar-refractivity contribution in [3.63, 3.8) is 0 Å². The molecule has 14 heavy (non-hydrogen) atoms. The molecule has 0 amide bonds. The van der Waals surface area contributed by atoms with Gasteiger partial charge in [-0.2, -0.15) is 0 Å². The van der Waals surface area contributed by atoms with Crippen molar-refractivity contribution in [3.05, 3.63) is 41.8 Å². The van der Waals surface area contributed by atoms with Crippen molar-refractivity contribution in [1.29, 1.82) is 0 Å². The van der Waals surface area contributed by atoms with Crippen LogP contribution in [0, 0.1) is 6.42 Å². The Hall–Kier alpha value is -0.820. The normalized spacial score (nSPS) is 22.9. The largest absolute Gasteiger partial charge is 0.299 e. The highest BCUT2D eigenvalue weighted by molar-refractivity contribution is 5.40. The molecule has 1 unspecified atom stereocenters. The van der Waals surface area contributed by atoms with Crippen LogP contribution < -0.4 is 0 Å². The van der Waals surface area contributed by atoms with E-state index in [0.29, 0.717) is 6.04 Å². The molecule has 3 rings (SSSR count). The lowest BCUT2D eigenvalue weighted by Gasteiger charge is -2.22. The van der Waals surface area contributed by atoms with Crippen LogP contribution in [0.3, 0.4) is 0 Å². The SMILES string of the molecule is [CH]1c2ccccc2CC1N1CCCC1. The van der Waals surface area contributed by atoms with Crippen molar-refractivity contribution in [2.75, 3.05) is 13.1 Å². The first-order chi connectivity index (χ1) is 6.93. The number of fused-ring (bicyclic) bond motifs is 1. The second-order valence-electron chi connectivity index (χ2n) is 4.38. The van der Waals surface area contributed by atoms with E-state index in [1.165, 1.54) is 43.5 Å². The number of likely N-dealkylation sites (tertiary alicyclic amines) is 1. The number of nitrogens with zero attached hydrogens (tertiary/aromatic N) is 1. The molecule has 1 nitrogen and oxygen atoms in total. The highest BCUT2D eigenvalue weighted by Crippen LogP contribution is 2.28. The van der Waals surface area contributed by atoms with Gasteiger partial charge in [0.15, 0.2) is 0 Å². The Balaban J connectivity index is 1.77. The van der Waals surface area contributed by atoms with Crippen molar-refractivity contribution in [2.24, 2.45) is 0 Å². The summed E-state index contributed by atoms with van der Waals surface area (Å²) < 4.78 is 0. The van der Waals surface area contributed by atoms with Gasteiger partial charge in [0.2, 0.25) is 0 Å².